The van der Waals surface area contributed by atoms with Crippen molar-refractivity contribution in [3.63, 3.8) is 0 Å². The molecule has 4 heteroatoms. The van der Waals surface area contributed by atoms with Crippen molar-refractivity contribution in [2.75, 3.05) is 26.2 Å². The van der Waals surface area contributed by atoms with Crippen molar-refractivity contribution in [1.82, 2.24) is 10.2 Å². The summed E-state index contributed by atoms with van der Waals surface area (Å²) in [6.07, 6.45) is 9.64. The molecule has 1 N–H and O–H groups in total. The molecule has 3 rings (SSSR count). The molecule has 1 aromatic rings. The number of hydrogen-bond donors (Lipinski definition) is 1. The van der Waals surface area contributed by atoms with Gasteiger partial charge in [0.1, 0.15) is 0 Å². The van der Waals surface area contributed by atoms with Crippen LogP contribution >= 0.6 is 33.9 Å². The molecule has 1 unspecified atom stereocenters. The lowest BCUT2D eigenvalue weighted by atomic mass is 9.94. The lowest BCUT2D eigenvalue weighted by Crippen LogP contribution is -2.35. The van der Waals surface area contributed by atoms with E-state index in [1.807, 2.05) is 11.3 Å². The van der Waals surface area contributed by atoms with Gasteiger partial charge in [-0.15, -0.1) is 11.3 Å². The van der Waals surface area contributed by atoms with Gasteiger partial charge >= 0.3 is 0 Å². The smallest absolute Gasteiger partial charge is 0.0659 e. The van der Waals surface area contributed by atoms with Gasteiger partial charge in [-0.3, -0.25) is 0 Å². The minimum absolute atomic E-state index is 0.616. The van der Waals surface area contributed by atoms with Gasteiger partial charge in [0.05, 0.1) is 2.88 Å². The van der Waals surface area contributed by atoms with Crippen molar-refractivity contribution in [2.45, 2.75) is 51.0 Å². The van der Waals surface area contributed by atoms with Crippen molar-refractivity contribution in [3.05, 3.63) is 19.4 Å². The summed E-state index contributed by atoms with van der Waals surface area (Å²) in [6.45, 7) is 5.01. The number of aryl methyl sites for hydroxylation is 1. The van der Waals surface area contributed by atoms with Crippen molar-refractivity contribution in [2.24, 2.45) is 0 Å². The van der Waals surface area contributed by atoms with Crippen LogP contribution in [-0.4, -0.2) is 31.1 Å². The van der Waals surface area contributed by atoms with Crippen LogP contribution in [-0.2, 0) is 6.42 Å². The predicted molar refractivity (Wildman–Crippen MR) is 95.6 cm³/mol. The Labute approximate surface area is 140 Å². The zero-order chi connectivity index (χ0) is 13.8. The van der Waals surface area contributed by atoms with Gasteiger partial charge in [-0.1, -0.05) is 12.8 Å². The lowest BCUT2D eigenvalue weighted by Gasteiger charge is -2.26. The number of thiophene rings is 1. The Morgan fingerprint density at radius 1 is 1.20 bits per heavy atom. The maximum absolute atomic E-state index is 3.82. The highest BCUT2D eigenvalue weighted by molar-refractivity contribution is 14.1. The largest absolute Gasteiger partial charge is 0.309 e. The van der Waals surface area contributed by atoms with Gasteiger partial charge in [0.15, 0.2) is 0 Å². The molecule has 0 radical (unpaired) electrons. The first-order valence-corrected chi connectivity index (χ1v) is 9.96. The van der Waals surface area contributed by atoms with Gasteiger partial charge in [-0.2, -0.15) is 0 Å². The number of hydrogen-bond acceptors (Lipinski definition) is 3. The van der Waals surface area contributed by atoms with Gasteiger partial charge in [0, 0.05) is 24.0 Å². The number of nitrogens with one attached hydrogen (secondary N) is 1. The van der Waals surface area contributed by atoms with E-state index >= 15 is 0 Å². The van der Waals surface area contributed by atoms with Crippen molar-refractivity contribution < 1.29 is 0 Å². The van der Waals surface area contributed by atoms with Crippen LogP contribution in [0.1, 0.15) is 55.0 Å². The van der Waals surface area contributed by atoms with Crippen LogP contribution in [0.15, 0.2) is 6.07 Å². The Hall–Kier alpha value is 0.350. The topological polar surface area (TPSA) is 15.3 Å². The van der Waals surface area contributed by atoms with Gasteiger partial charge in [0.25, 0.3) is 0 Å². The molecule has 2 nitrogen and oxygen atoms in total. The van der Waals surface area contributed by atoms with E-state index in [4.69, 9.17) is 0 Å². The summed E-state index contributed by atoms with van der Waals surface area (Å²) in [6, 6.07) is 3.02. The standard InChI is InChI=1S/C16H25IN2S/c17-16-12-13-14(6-5-7-15(13)20-16)18-8-11-19-9-3-1-2-4-10-19/h12,14,18H,1-11H2. The Morgan fingerprint density at radius 3 is 2.80 bits per heavy atom. The summed E-state index contributed by atoms with van der Waals surface area (Å²) < 4.78 is 1.45. The summed E-state index contributed by atoms with van der Waals surface area (Å²) in [5.74, 6) is 0. The summed E-state index contributed by atoms with van der Waals surface area (Å²) in [4.78, 5) is 4.29. The zero-order valence-corrected chi connectivity index (χ0v) is 15.1. The van der Waals surface area contributed by atoms with Crippen LogP contribution in [0.5, 0.6) is 0 Å². The first kappa shape index (κ1) is 15.3. The third-order valence-corrected chi connectivity index (χ3v) is 6.57. The van der Waals surface area contributed by atoms with Crippen LogP contribution in [0.3, 0.4) is 0 Å². The van der Waals surface area contributed by atoms with E-state index in [0.29, 0.717) is 6.04 Å². The molecular weight excluding hydrogens is 379 g/mol. The zero-order valence-electron chi connectivity index (χ0n) is 12.2. The highest BCUT2D eigenvalue weighted by atomic mass is 127. The van der Waals surface area contributed by atoms with Gasteiger partial charge in [-0.25, -0.2) is 0 Å². The second-order valence-corrected chi connectivity index (χ2v) is 9.11. The van der Waals surface area contributed by atoms with Crippen LogP contribution in [0.4, 0.5) is 0 Å². The fourth-order valence-corrected chi connectivity index (χ4v) is 5.61. The highest BCUT2D eigenvalue weighted by Gasteiger charge is 2.22. The minimum Gasteiger partial charge on any atom is -0.309 e. The SMILES string of the molecule is Ic1cc2c(s1)CCCC2NCCN1CCCCCC1. The van der Waals surface area contributed by atoms with Crippen LogP contribution in [0.25, 0.3) is 0 Å². The molecule has 1 aliphatic carbocycles. The fraction of sp³-hybridized carbons (Fsp3) is 0.750. The average molecular weight is 404 g/mol. The molecule has 1 aliphatic heterocycles. The van der Waals surface area contributed by atoms with Gasteiger partial charge < -0.3 is 10.2 Å². The summed E-state index contributed by atoms with van der Waals surface area (Å²) in [7, 11) is 0. The number of halogens is 1. The third-order valence-electron chi connectivity index (χ3n) is 4.60. The normalized spacial score (nSPS) is 24.4. The third kappa shape index (κ3) is 3.96. The van der Waals surface area contributed by atoms with E-state index in [0.717, 1.165) is 6.54 Å². The number of likely N-dealkylation sites (tertiary alicyclic amines) is 1. The molecule has 0 spiro atoms. The van der Waals surface area contributed by atoms with Crippen molar-refractivity contribution >= 4 is 33.9 Å². The second kappa shape index (κ2) is 7.56. The first-order chi connectivity index (χ1) is 9.83. The number of rotatable bonds is 4. The molecule has 112 valence electrons. The molecule has 1 saturated heterocycles. The maximum atomic E-state index is 3.82. The van der Waals surface area contributed by atoms with Crippen molar-refractivity contribution in [3.8, 4) is 0 Å². The highest BCUT2D eigenvalue weighted by Crippen LogP contribution is 2.36. The van der Waals surface area contributed by atoms with E-state index in [2.05, 4.69) is 38.9 Å². The summed E-state index contributed by atoms with van der Waals surface area (Å²) in [5.41, 5.74) is 1.60. The molecule has 0 saturated carbocycles. The Morgan fingerprint density at radius 2 is 2.00 bits per heavy atom. The maximum Gasteiger partial charge on any atom is 0.0659 e. The minimum atomic E-state index is 0.616. The van der Waals surface area contributed by atoms with Crippen LogP contribution < -0.4 is 5.32 Å². The van der Waals surface area contributed by atoms with E-state index < -0.39 is 0 Å². The van der Waals surface area contributed by atoms with Crippen LogP contribution in [0, 0.1) is 2.88 Å². The van der Waals surface area contributed by atoms with E-state index in [-0.39, 0.29) is 0 Å². The summed E-state index contributed by atoms with van der Waals surface area (Å²) >= 11 is 4.46. The molecule has 20 heavy (non-hydrogen) atoms. The predicted octanol–water partition coefficient (Wildman–Crippen LogP) is 4.20. The molecule has 1 aromatic heterocycles. The molecule has 1 fully saturated rings. The molecule has 0 bridgehead atoms. The number of fused-ring (bicyclic) bond motifs is 1. The van der Waals surface area contributed by atoms with E-state index in [9.17, 15) is 0 Å². The fourth-order valence-electron chi connectivity index (χ4n) is 3.49. The quantitative estimate of drug-likeness (QED) is 0.757. The molecule has 2 aliphatic rings. The second-order valence-electron chi connectivity index (χ2n) is 6.08. The van der Waals surface area contributed by atoms with E-state index in [1.54, 1.807) is 10.4 Å². The molecule has 0 amide bonds. The Balaban J connectivity index is 1.49. The Bertz CT molecular complexity index is 424. The Kier molecular flexibility index (Phi) is 5.77. The van der Waals surface area contributed by atoms with E-state index in [1.165, 1.54) is 67.5 Å². The summed E-state index contributed by atoms with van der Waals surface area (Å²) in [5, 5.41) is 3.82. The van der Waals surface area contributed by atoms with Gasteiger partial charge in [-0.05, 0) is 79.4 Å². The van der Waals surface area contributed by atoms with Gasteiger partial charge in [0.2, 0.25) is 0 Å². The molecule has 1 atom stereocenters. The van der Waals surface area contributed by atoms with Crippen molar-refractivity contribution in [1.29, 1.82) is 0 Å². The average Bonchev–Trinajstić information content (AvgIpc) is 2.66. The lowest BCUT2D eigenvalue weighted by molar-refractivity contribution is 0.276. The number of nitrogens with zero attached hydrogens (tertiary/aromatic N) is 1. The monoisotopic (exact) mass is 404 g/mol. The van der Waals surface area contributed by atoms with Crippen LogP contribution in [0.2, 0.25) is 0 Å². The first-order valence-electron chi connectivity index (χ1n) is 8.07. The molecular formula is C16H25IN2S. The molecule has 2 heterocycles. The molecule has 0 aromatic carbocycles.